The van der Waals surface area contributed by atoms with Crippen LogP contribution in [0, 0.1) is 19.8 Å². The second-order valence-electron chi connectivity index (χ2n) is 11.7. The van der Waals surface area contributed by atoms with E-state index in [0.717, 1.165) is 42.4 Å². The number of alkyl carbamates (subject to hydrolysis) is 1. The Labute approximate surface area is 229 Å². The van der Waals surface area contributed by atoms with E-state index in [1.807, 2.05) is 39.0 Å². The van der Waals surface area contributed by atoms with E-state index in [1.165, 1.54) is 0 Å². The fraction of sp³-hybridized carbons (Fsp3) is 0.700. The summed E-state index contributed by atoms with van der Waals surface area (Å²) in [5.41, 5.74) is 1.83. The van der Waals surface area contributed by atoms with Gasteiger partial charge in [0, 0.05) is 12.6 Å². The van der Waals surface area contributed by atoms with Crippen molar-refractivity contribution in [2.45, 2.75) is 118 Å². The lowest BCUT2D eigenvalue weighted by molar-refractivity contribution is -0.146. The minimum Gasteiger partial charge on any atom is -0.444 e. The second kappa shape index (κ2) is 15.7. The summed E-state index contributed by atoms with van der Waals surface area (Å²) in [6.07, 6.45) is 3.59. The van der Waals surface area contributed by atoms with E-state index >= 15 is 0 Å². The highest BCUT2D eigenvalue weighted by Gasteiger charge is 2.39. The second-order valence-corrected chi connectivity index (χ2v) is 11.7. The molecule has 1 aromatic rings. The molecule has 8 nitrogen and oxygen atoms in total. The number of hydrogen-bond acceptors (Lipinski definition) is 5. The van der Waals surface area contributed by atoms with Gasteiger partial charge in [-0.2, -0.15) is 0 Å². The minimum absolute atomic E-state index is 0.270. The van der Waals surface area contributed by atoms with Crippen LogP contribution in [0.25, 0.3) is 0 Å². The van der Waals surface area contributed by atoms with Gasteiger partial charge in [-0.3, -0.25) is 9.59 Å². The van der Waals surface area contributed by atoms with Gasteiger partial charge in [0.1, 0.15) is 17.7 Å². The van der Waals surface area contributed by atoms with Crippen molar-refractivity contribution in [3.8, 4) is 0 Å². The molecule has 8 heteroatoms. The number of ether oxygens (including phenoxy) is 1. The monoisotopic (exact) mass is 533 g/mol. The molecule has 0 fully saturated rings. The Bertz CT molecular complexity index is 910. The topological polar surface area (TPSA) is 108 Å². The number of nitrogens with one attached hydrogen (secondary N) is 2. The molecule has 0 saturated carbocycles. The van der Waals surface area contributed by atoms with Crippen molar-refractivity contribution in [1.82, 2.24) is 15.5 Å². The summed E-state index contributed by atoms with van der Waals surface area (Å²) < 4.78 is 5.33. The van der Waals surface area contributed by atoms with E-state index in [4.69, 9.17) is 4.74 Å². The van der Waals surface area contributed by atoms with Gasteiger partial charge in [0.15, 0.2) is 0 Å². The molecule has 0 radical (unpaired) electrons. The summed E-state index contributed by atoms with van der Waals surface area (Å²) in [5.74, 6) is -0.386. The number of aryl methyl sites for hydroxylation is 2. The van der Waals surface area contributed by atoms with Crippen LogP contribution in [0.3, 0.4) is 0 Å². The Morgan fingerprint density at radius 3 is 2.26 bits per heavy atom. The van der Waals surface area contributed by atoms with Gasteiger partial charge in [-0.05, 0) is 77.8 Å². The van der Waals surface area contributed by atoms with E-state index in [-0.39, 0.29) is 11.9 Å². The zero-order chi connectivity index (χ0) is 29.0. The first-order valence-electron chi connectivity index (χ1n) is 14.0. The highest BCUT2D eigenvalue weighted by Crippen LogP contribution is 2.30. The summed E-state index contributed by atoms with van der Waals surface area (Å²) >= 11 is 0. The van der Waals surface area contributed by atoms with E-state index in [0.29, 0.717) is 18.9 Å². The Kier molecular flexibility index (Phi) is 13.8. The molecule has 1 aromatic carbocycles. The van der Waals surface area contributed by atoms with Gasteiger partial charge >= 0.3 is 6.09 Å². The van der Waals surface area contributed by atoms with Crippen LogP contribution < -0.4 is 10.6 Å². The molecule has 1 rings (SSSR count). The van der Waals surface area contributed by atoms with Crippen molar-refractivity contribution in [2.75, 3.05) is 13.2 Å². The Balaban J connectivity index is 3.54. The van der Waals surface area contributed by atoms with Gasteiger partial charge in [0.05, 0.1) is 6.61 Å². The molecule has 3 amide bonds. The highest BCUT2D eigenvalue weighted by atomic mass is 16.6. The number of amides is 3. The fourth-order valence-corrected chi connectivity index (χ4v) is 4.28. The van der Waals surface area contributed by atoms with Gasteiger partial charge < -0.3 is 25.4 Å². The third-order valence-corrected chi connectivity index (χ3v) is 6.40. The number of rotatable bonds is 14. The van der Waals surface area contributed by atoms with Gasteiger partial charge in [-0.1, -0.05) is 57.4 Å². The number of benzene rings is 1. The molecule has 0 spiro atoms. The maximum absolute atomic E-state index is 14.1. The number of carbonyl (C=O) groups excluding carboxylic acids is 3. The van der Waals surface area contributed by atoms with Gasteiger partial charge in [-0.15, -0.1) is 0 Å². The molecule has 0 bridgehead atoms. The van der Waals surface area contributed by atoms with Crippen molar-refractivity contribution in [3.05, 3.63) is 34.9 Å². The molecular weight excluding hydrogens is 482 g/mol. The number of unbranched alkanes of at least 4 members (excludes halogenated alkanes) is 2. The zero-order valence-electron chi connectivity index (χ0n) is 25.0. The van der Waals surface area contributed by atoms with E-state index in [2.05, 4.69) is 31.4 Å². The van der Waals surface area contributed by atoms with Crippen LogP contribution in [0.2, 0.25) is 0 Å². The quantitative estimate of drug-likeness (QED) is 0.285. The lowest BCUT2D eigenvalue weighted by atomic mass is 9.93. The fourth-order valence-electron chi connectivity index (χ4n) is 4.28. The molecule has 3 atom stereocenters. The van der Waals surface area contributed by atoms with Gasteiger partial charge in [-0.25, -0.2) is 4.79 Å². The Morgan fingerprint density at radius 1 is 1.05 bits per heavy atom. The van der Waals surface area contributed by atoms with Crippen LogP contribution in [0.4, 0.5) is 4.79 Å². The molecule has 0 saturated heterocycles. The Hall–Kier alpha value is -2.61. The summed E-state index contributed by atoms with van der Waals surface area (Å²) in [4.78, 5) is 41.9. The summed E-state index contributed by atoms with van der Waals surface area (Å²) in [7, 11) is 0. The Morgan fingerprint density at radius 2 is 1.71 bits per heavy atom. The number of hydrogen-bond donors (Lipinski definition) is 3. The third-order valence-electron chi connectivity index (χ3n) is 6.40. The molecule has 0 aliphatic carbocycles. The van der Waals surface area contributed by atoms with Crippen molar-refractivity contribution in [1.29, 1.82) is 0 Å². The van der Waals surface area contributed by atoms with Crippen LogP contribution >= 0.6 is 0 Å². The average Bonchev–Trinajstić information content (AvgIpc) is 2.82. The van der Waals surface area contributed by atoms with Gasteiger partial charge in [0.2, 0.25) is 11.8 Å². The molecule has 0 aliphatic rings. The van der Waals surface area contributed by atoms with Crippen molar-refractivity contribution in [2.24, 2.45) is 5.92 Å². The molecule has 0 aromatic heterocycles. The van der Waals surface area contributed by atoms with Crippen molar-refractivity contribution >= 4 is 17.9 Å². The standard InChI is InChI=1S/C30H51N3O5/c1-10-11-12-17-31-27(35)26(24-18-21(4)14-15-22(24)5)33(23(6)16-13-20(2)3)28(36)25(19-34)32-29(37)38-30(7,8)9/h14-15,18,20,23,25-26,34H,10-13,16-17,19H2,1-9H3,(H,31,35)(H,32,37). The molecule has 38 heavy (non-hydrogen) atoms. The lowest BCUT2D eigenvalue weighted by Gasteiger charge is -2.39. The normalized spacial score (nSPS) is 14.0. The largest absolute Gasteiger partial charge is 0.444 e. The van der Waals surface area contributed by atoms with E-state index in [1.54, 1.807) is 25.7 Å². The first kappa shape index (κ1) is 33.4. The van der Waals surface area contributed by atoms with Crippen LogP contribution in [-0.2, 0) is 14.3 Å². The smallest absolute Gasteiger partial charge is 0.408 e. The van der Waals surface area contributed by atoms with Crippen LogP contribution in [0.5, 0.6) is 0 Å². The molecule has 3 unspecified atom stereocenters. The average molecular weight is 534 g/mol. The minimum atomic E-state index is -1.26. The van der Waals surface area contributed by atoms with Crippen LogP contribution in [0.1, 0.15) is 103 Å². The van der Waals surface area contributed by atoms with Crippen LogP contribution in [-0.4, -0.2) is 58.8 Å². The zero-order valence-corrected chi connectivity index (χ0v) is 25.0. The van der Waals surface area contributed by atoms with Crippen molar-refractivity contribution < 1.29 is 24.2 Å². The molecule has 0 aliphatic heterocycles. The number of nitrogens with zero attached hydrogens (tertiary/aromatic N) is 1. The maximum Gasteiger partial charge on any atom is 0.408 e. The predicted octanol–water partition coefficient (Wildman–Crippen LogP) is 5.19. The van der Waals surface area contributed by atoms with Gasteiger partial charge in [0.25, 0.3) is 0 Å². The van der Waals surface area contributed by atoms with E-state index < -0.39 is 36.3 Å². The highest BCUT2D eigenvalue weighted by molar-refractivity contribution is 5.92. The summed E-state index contributed by atoms with van der Waals surface area (Å²) in [6.45, 7) is 17.2. The molecule has 3 N–H and O–H groups in total. The number of aliphatic hydroxyl groups excluding tert-OH is 1. The number of aliphatic hydroxyl groups is 1. The van der Waals surface area contributed by atoms with E-state index in [9.17, 15) is 19.5 Å². The lowest BCUT2D eigenvalue weighted by Crippen LogP contribution is -2.56. The third kappa shape index (κ3) is 11.0. The van der Waals surface area contributed by atoms with Crippen LogP contribution in [0.15, 0.2) is 18.2 Å². The summed E-state index contributed by atoms with van der Waals surface area (Å²) in [5, 5.41) is 15.7. The SMILES string of the molecule is CCCCCNC(=O)C(c1cc(C)ccc1C)N(C(=O)C(CO)NC(=O)OC(C)(C)C)C(C)CCC(C)C. The first-order valence-corrected chi connectivity index (χ1v) is 14.0. The number of carbonyl (C=O) groups is 3. The van der Waals surface area contributed by atoms with Crippen molar-refractivity contribution in [3.63, 3.8) is 0 Å². The first-order chi connectivity index (χ1) is 17.7. The summed E-state index contributed by atoms with van der Waals surface area (Å²) in [6, 6.07) is 3.37. The predicted molar refractivity (Wildman–Crippen MR) is 152 cm³/mol. The molecule has 216 valence electrons. The maximum atomic E-state index is 14.1. The molecule has 0 heterocycles. The molecular formula is C30H51N3O5.